The summed E-state index contributed by atoms with van der Waals surface area (Å²) in [5, 5.41) is 8.71. The molecule has 0 saturated heterocycles. The summed E-state index contributed by atoms with van der Waals surface area (Å²) in [5.74, 6) is -0.831. The minimum atomic E-state index is -4.82. The van der Waals surface area contributed by atoms with Crippen molar-refractivity contribution in [2.45, 2.75) is 21.1 Å². The Labute approximate surface area is 188 Å². The first kappa shape index (κ1) is 23.7. The number of rotatable bonds is 6. The first-order valence-corrected chi connectivity index (χ1v) is 11.0. The molecule has 1 aromatic carbocycles. The molecule has 0 spiro atoms. The number of sulfonamides is 1. The lowest BCUT2D eigenvalue weighted by Crippen LogP contribution is -2.20. The van der Waals surface area contributed by atoms with Crippen LogP contribution in [0.15, 0.2) is 63.9 Å². The van der Waals surface area contributed by atoms with Crippen LogP contribution in [0.2, 0.25) is 5.02 Å². The Morgan fingerprint density at radius 1 is 1.06 bits per heavy atom. The highest BCUT2D eigenvalue weighted by Crippen LogP contribution is 2.36. The van der Waals surface area contributed by atoms with Gasteiger partial charge in [-0.3, -0.25) is 14.7 Å². The molecule has 0 radical (unpaired) electrons. The van der Waals surface area contributed by atoms with Crippen molar-refractivity contribution in [2.24, 2.45) is 0 Å². The van der Waals surface area contributed by atoms with Gasteiger partial charge in [-0.05, 0) is 42.1 Å². The first-order valence-electron chi connectivity index (χ1n) is 8.29. The largest absolute Gasteiger partial charge is 0.417 e. The third-order valence-corrected chi connectivity index (χ3v) is 6.32. The van der Waals surface area contributed by atoms with Crippen LogP contribution in [-0.4, -0.2) is 34.5 Å². The predicted octanol–water partition coefficient (Wildman–Crippen LogP) is 3.61. The van der Waals surface area contributed by atoms with Gasteiger partial charge in [-0.15, -0.1) is 0 Å². The Bertz CT molecular complexity index is 1260. The second-order valence-corrected chi connectivity index (χ2v) is 9.04. The zero-order valence-corrected chi connectivity index (χ0v) is 17.8. The molecule has 0 atom stereocenters. The molecule has 0 bridgehead atoms. The van der Waals surface area contributed by atoms with Crippen LogP contribution in [0, 0.1) is 0 Å². The number of carbonyl (C=O) groups excluding carboxylic acids is 1. The molecule has 0 saturated carbocycles. The van der Waals surface area contributed by atoms with Gasteiger partial charge < -0.3 is 0 Å². The van der Waals surface area contributed by atoms with Crippen molar-refractivity contribution in [3.05, 3.63) is 65.2 Å². The summed E-state index contributed by atoms with van der Waals surface area (Å²) in [7, 11) is -4.35. The second-order valence-electron chi connectivity index (χ2n) is 5.91. The van der Waals surface area contributed by atoms with Crippen LogP contribution >= 0.6 is 23.4 Å². The van der Waals surface area contributed by atoms with Crippen molar-refractivity contribution in [3.63, 3.8) is 0 Å². The number of hydrogen-bond acceptors (Lipinski definition) is 8. The number of benzene rings is 1. The summed E-state index contributed by atoms with van der Waals surface area (Å²) in [5.41, 5.74) is 0.0819. The van der Waals surface area contributed by atoms with Crippen molar-refractivity contribution in [3.8, 4) is 0 Å². The number of hydroxylamine groups is 1. The number of amides is 1. The fraction of sp³-hybridized carbons (Fsp3) is 0.0588. The van der Waals surface area contributed by atoms with Crippen molar-refractivity contribution >= 4 is 45.0 Å². The Hall–Kier alpha value is -2.94. The van der Waals surface area contributed by atoms with Gasteiger partial charge in [0.15, 0.2) is 0 Å². The maximum absolute atomic E-state index is 13.0. The van der Waals surface area contributed by atoms with Crippen LogP contribution in [0.5, 0.6) is 0 Å². The third-order valence-electron chi connectivity index (χ3n) is 3.73. The van der Waals surface area contributed by atoms with E-state index in [2.05, 4.69) is 19.7 Å². The number of pyridine rings is 1. The summed E-state index contributed by atoms with van der Waals surface area (Å²) in [6.07, 6.45) is -2.55. The predicted molar refractivity (Wildman–Crippen MR) is 107 cm³/mol. The molecule has 2 aromatic heterocycles. The number of nitrogens with one attached hydrogen (secondary N) is 2. The fourth-order valence-electron chi connectivity index (χ4n) is 2.29. The van der Waals surface area contributed by atoms with Crippen LogP contribution in [0.4, 0.5) is 18.9 Å². The highest BCUT2D eigenvalue weighted by atomic mass is 35.5. The van der Waals surface area contributed by atoms with Crippen LogP contribution < -0.4 is 10.2 Å². The van der Waals surface area contributed by atoms with Crippen LogP contribution in [-0.2, 0) is 16.2 Å². The minimum absolute atomic E-state index is 0.000827. The molecule has 9 nitrogen and oxygen atoms in total. The van der Waals surface area contributed by atoms with E-state index in [-0.39, 0.29) is 11.4 Å². The lowest BCUT2D eigenvalue weighted by atomic mass is 10.2. The first-order chi connectivity index (χ1) is 15.0. The molecule has 32 heavy (non-hydrogen) atoms. The van der Waals surface area contributed by atoms with Gasteiger partial charge in [0.2, 0.25) is 0 Å². The SMILES string of the molecule is O=C(NO)c1cc(Sc2ccc(NS(=O)(=O)c3ccc(Cl)c(C(F)(F)F)c3)cn2)ncn1. The topological polar surface area (TPSA) is 134 Å². The van der Waals surface area contributed by atoms with Crippen molar-refractivity contribution in [2.75, 3.05) is 4.72 Å². The van der Waals surface area contributed by atoms with Crippen molar-refractivity contribution in [1.82, 2.24) is 20.4 Å². The number of anilines is 1. The Morgan fingerprint density at radius 3 is 2.44 bits per heavy atom. The Balaban J connectivity index is 1.77. The summed E-state index contributed by atoms with van der Waals surface area (Å²) in [4.78, 5) is 22.4. The number of alkyl halides is 3. The minimum Gasteiger partial charge on any atom is -0.288 e. The Morgan fingerprint density at radius 2 is 1.81 bits per heavy atom. The van der Waals surface area contributed by atoms with Gasteiger partial charge >= 0.3 is 6.18 Å². The van der Waals surface area contributed by atoms with Crippen LogP contribution in [0.25, 0.3) is 0 Å². The fourth-order valence-corrected chi connectivity index (χ4v) is 4.31. The maximum Gasteiger partial charge on any atom is 0.417 e. The quantitative estimate of drug-likeness (QED) is 0.263. The van der Waals surface area contributed by atoms with Gasteiger partial charge in [0.1, 0.15) is 22.1 Å². The summed E-state index contributed by atoms with van der Waals surface area (Å²) in [6, 6.07) is 6.32. The lowest BCUT2D eigenvalue weighted by Gasteiger charge is -2.12. The molecule has 0 aliphatic heterocycles. The zero-order valence-electron chi connectivity index (χ0n) is 15.5. The summed E-state index contributed by atoms with van der Waals surface area (Å²) < 4.78 is 66.1. The monoisotopic (exact) mass is 505 g/mol. The highest BCUT2D eigenvalue weighted by molar-refractivity contribution is 7.99. The van der Waals surface area contributed by atoms with E-state index in [1.165, 1.54) is 23.7 Å². The number of carbonyl (C=O) groups is 1. The average Bonchev–Trinajstić information content (AvgIpc) is 2.74. The Kier molecular flexibility index (Phi) is 6.88. The van der Waals surface area contributed by atoms with E-state index >= 15 is 0 Å². The average molecular weight is 506 g/mol. The van der Waals surface area contributed by atoms with Gasteiger partial charge in [0.05, 0.1) is 27.4 Å². The third kappa shape index (κ3) is 5.64. The van der Waals surface area contributed by atoms with Crippen LogP contribution in [0.1, 0.15) is 16.1 Å². The summed E-state index contributed by atoms with van der Waals surface area (Å²) in [6.45, 7) is 0. The number of aromatic nitrogens is 3. The lowest BCUT2D eigenvalue weighted by molar-refractivity contribution is -0.137. The summed E-state index contributed by atoms with van der Waals surface area (Å²) >= 11 is 6.54. The molecule has 0 fully saturated rings. The maximum atomic E-state index is 13.0. The van der Waals surface area contributed by atoms with E-state index in [0.717, 1.165) is 36.4 Å². The number of nitrogens with zero attached hydrogens (tertiary/aromatic N) is 3. The van der Waals surface area contributed by atoms with E-state index in [1.54, 1.807) is 0 Å². The highest BCUT2D eigenvalue weighted by Gasteiger charge is 2.34. The van der Waals surface area contributed by atoms with Gasteiger partial charge in [0, 0.05) is 6.07 Å². The molecule has 168 valence electrons. The standard InChI is InChI=1S/C17H11ClF3N5O4S2/c18-12-3-2-10(5-11(12)17(19,20)21)32(29,30)26-9-1-4-14(22-7-9)31-15-6-13(16(27)25-28)23-8-24-15/h1-8,26,28H,(H,25,27). The molecule has 3 rings (SSSR count). The molecule has 3 aromatic rings. The molecule has 0 aliphatic carbocycles. The molecular weight excluding hydrogens is 495 g/mol. The van der Waals surface area contributed by atoms with E-state index in [0.29, 0.717) is 16.1 Å². The van der Waals surface area contributed by atoms with E-state index in [4.69, 9.17) is 16.8 Å². The van der Waals surface area contributed by atoms with E-state index in [9.17, 15) is 26.4 Å². The number of halogens is 4. The molecule has 15 heteroatoms. The van der Waals surface area contributed by atoms with E-state index < -0.39 is 37.6 Å². The molecule has 0 aliphatic rings. The van der Waals surface area contributed by atoms with Crippen LogP contribution in [0.3, 0.4) is 0 Å². The molecule has 0 unspecified atom stereocenters. The van der Waals surface area contributed by atoms with Gasteiger partial charge in [-0.2, -0.15) is 13.2 Å². The molecule has 1 amide bonds. The second kappa shape index (κ2) is 9.28. The van der Waals surface area contributed by atoms with Crippen molar-refractivity contribution < 1.29 is 31.6 Å². The van der Waals surface area contributed by atoms with Gasteiger partial charge in [0.25, 0.3) is 15.9 Å². The smallest absolute Gasteiger partial charge is 0.288 e. The number of hydrogen-bond donors (Lipinski definition) is 3. The molecule has 2 heterocycles. The van der Waals surface area contributed by atoms with Crippen molar-refractivity contribution in [1.29, 1.82) is 0 Å². The molecular formula is C17H11ClF3N5O4S2. The van der Waals surface area contributed by atoms with E-state index in [1.807, 2.05) is 0 Å². The van der Waals surface area contributed by atoms with Gasteiger partial charge in [-0.25, -0.2) is 28.8 Å². The van der Waals surface area contributed by atoms with Gasteiger partial charge in [-0.1, -0.05) is 11.6 Å². The zero-order chi connectivity index (χ0) is 23.5. The normalized spacial score (nSPS) is 11.8. The molecule has 3 N–H and O–H groups in total.